The molecule has 1 aromatic carbocycles. The van der Waals surface area contributed by atoms with E-state index in [9.17, 15) is 33.6 Å². The maximum absolute atomic E-state index is 12.6. The summed E-state index contributed by atoms with van der Waals surface area (Å²) in [6, 6.07) is 8.02. The standard InChI is InChI=1S/C26H35N6O7P/c33-20(9-5-2-6-12-32-24(37)10-11-25(32)38)27-14-21(34)28-16-23(36)31-19(13-18-7-3-1-4-8-18)26(39)29-15-22(35)30-17-40/h1,3-4,7-8,10-11,19H,2,5-6,9,12-17,40H2,(H,27,33)(H,28,34)(H,29,39)(H,30,35)(H,31,36). The Kier molecular flexibility index (Phi) is 14.0. The summed E-state index contributed by atoms with van der Waals surface area (Å²) >= 11 is 0. The van der Waals surface area contributed by atoms with Gasteiger partial charge in [-0.05, 0) is 18.4 Å². The zero-order valence-corrected chi connectivity index (χ0v) is 23.2. The first-order valence-corrected chi connectivity index (χ1v) is 13.7. The molecule has 0 radical (unpaired) electrons. The maximum Gasteiger partial charge on any atom is 0.253 e. The highest BCUT2D eigenvalue weighted by molar-refractivity contribution is 7.16. The third-order valence-corrected chi connectivity index (χ3v) is 5.94. The van der Waals surface area contributed by atoms with E-state index in [0.29, 0.717) is 25.5 Å². The van der Waals surface area contributed by atoms with Crippen LogP contribution in [0.25, 0.3) is 0 Å². The Hall–Kier alpha value is -4.12. The van der Waals surface area contributed by atoms with Crippen molar-refractivity contribution >= 4 is 50.6 Å². The zero-order chi connectivity index (χ0) is 29.3. The van der Waals surface area contributed by atoms with Gasteiger partial charge in [0.05, 0.1) is 19.6 Å². The molecule has 0 aromatic heterocycles. The quantitative estimate of drug-likeness (QED) is 0.0852. The predicted octanol–water partition coefficient (Wildman–Crippen LogP) is -1.50. The van der Waals surface area contributed by atoms with Crippen LogP contribution < -0.4 is 26.6 Å². The molecule has 0 aliphatic carbocycles. The van der Waals surface area contributed by atoms with E-state index < -0.39 is 30.3 Å². The number of nitrogens with one attached hydrogen (secondary N) is 5. The topological polar surface area (TPSA) is 183 Å². The molecule has 0 fully saturated rings. The van der Waals surface area contributed by atoms with Crippen LogP contribution in [0.1, 0.15) is 31.2 Å². The van der Waals surface area contributed by atoms with Crippen molar-refractivity contribution in [3.05, 3.63) is 48.0 Å². The second-order valence-corrected chi connectivity index (χ2v) is 9.27. The van der Waals surface area contributed by atoms with Gasteiger partial charge in [0.25, 0.3) is 11.8 Å². The van der Waals surface area contributed by atoms with Crippen LogP contribution in [0.2, 0.25) is 0 Å². The molecule has 0 bridgehead atoms. The number of nitrogens with zero attached hydrogens (tertiary/aromatic N) is 1. The number of benzene rings is 1. The molecular weight excluding hydrogens is 539 g/mol. The molecule has 7 amide bonds. The van der Waals surface area contributed by atoms with Gasteiger partial charge in [0.1, 0.15) is 6.04 Å². The molecule has 13 nitrogen and oxygen atoms in total. The molecule has 5 N–H and O–H groups in total. The number of hydrogen-bond acceptors (Lipinski definition) is 7. The lowest BCUT2D eigenvalue weighted by molar-refractivity contribution is -0.137. The third kappa shape index (κ3) is 12.2. The first-order valence-electron chi connectivity index (χ1n) is 12.8. The Labute approximate surface area is 234 Å². The Balaban J connectivity index is 1.68. The van der Waals surface area contributed by atoms with Crippen molar-refractivity contribution in [2.75, 3.05) is 32.5 Å². The molecule has 1 aromatic rings. The number of rotatable bonds is 17. The molecule has 2 unspecified atom stereocenters. The highest BCUT2D eigenvalue weighted by Crippen LogP contribution is 2.07. The molecule has 1 aliphatic rings. The molecule has 216 valence electrons. The van der Waals surface area contributed by atoms with Gasteiger partial charge in [-0.2, -0.15) is 0 Å². The average molecular weight is 575 g/mol. The summed E-state index contributed by atoms with van der Waals surface area (Å²) in [6.45, 7) is -0.699. The Morgan fingerprint density at radius 1 is 0.725 bits per heavy atom. The van der Waals surface area contributed by atoms with Crippen LogP contribution in [-0.2, 0) is 40.0 Å². The lowest BCUT2D eigenvalue weighted by Crippen LogP contribution is -2.52. The van der Waals surface area contributed by atoms with E-state index in [0.717, 1.165) is 10.5 Å². The summed E-state index contributed by atoms with van der Waals surface area (Å²) in [5.41, 5.74) is 0.791. The van der Waals surface area contributed by atoms with Gasteiger partial charge in [0.15, 0.2) is 0 Å². The SMILES string of the molecule is O=C(CCCCCN1C(=O)C=CC1=O)NCC(=O)NCC(=O)NC(Cc1ccccc1)C(=O)NCC(=O)NCP. The fourth-order valence-electron chi connectivity index (χ4n) is 3.66. The van der Waals surface area contributed by atoms with Crippen LogP contribution in [0.15, 0.2) is 42.5 Å². The van der Waals surface area contributed by atoms with Crippen molar-refractivity contribution in [2.24, 2.45) is 0 Å². The van der Waals surface area contributed by atoms with E-state index in [1.165, 1.54) is 12.2 Å². The highest BCUT2D eigenvalue weighted by atomic mass is 31.0. The monoisotopic (exact) mass is 574 g/mol. The molecular formula is C26H35N6O7P. The van der Waals surface area contributed by atoms with Gasteiger partial charge in [-0.15, -0.1) is 9.24 Å². The number of hydrogen-bond donors (Lipinski definition) is 5. The Morgan fingerprint density at radius 2 is 1.32 bits per heavy atom. The average Bonchev–Trinajstić information content (AvgIpc) is 3.26. The number of amides is 7. The summed E-state index contributed by atoms with van der Waals surface area (Å²) in [5.74, 6) is -3.16. The molecule has 2 rings (SSSR count). The fourth-order valence-corrected chi connectivity index (χ4v) is 3.89. The second kappa shape index (κ2) is 17.5. The minimum absolute atomic E-state index is 0.166. The van der Waals surface area contributed by atoms with Gasteiger partial charge in [-0.25, -0.2) is 0 Å². The second-order valence-electron chi connectivity index (χ2n) is 8.86. The minimum Gasteiger partial charge on any atom is -0.351 e. The van der Waals surface area contributed by atoms with Gasteiger partial charge in [-0.1, -0.05) is 36.8 Å². The third-order valence-electron chi connectivity index (χ3n) is 5.74. The van der Waals surface area contributed by atoms with Gasteiger partial charge in [0.2, 0.25) is 29.5 Å². The largest absolute Gasteiger partial charge is 0.351 e. The predicted molar refractivity (Wildman–Crippen MR) is 148 cm³/mol. The van der Waals surface area contributed by atoms with Crippen LogP contribution in [-0.4, -0.2) is 84.8 Å². The molecule has 0 saturated heterocycles. The lowest BCUT2D eigenvalue weighted by Gasteiger charge is -2.19. The van der Waals surface area contributed by atoms with E-state index in [1.54, 1.807) is 24.3 Å². The van der Waals surface area contributed by atoms with Crippen molar-refractivity contribution in [3.63, 3.8) is 0 Å². The molecule has 0 spiro atoms. The van der Waals surface area contributed by atoms with Crippen LogP contribution in [0.4, 0.5) is 0 Å². The number of carbonyl (C=O) groups excluding carboxylic acids is 7. The van der Waals surface area contributed by atoms with Crippen LogP contribution >= 0.6 is 9.24 Å². The molecule has 1 aliphatic heterocycles. The van der Waals surface area contributed by atoms with Crippen LogP contribution in [0, 0.1) is 0 Å². The number of imide groups is 1. The van der Waals surface area contributed by atoms with Crippen molar-refractivity contribution in [2.45, 2.75) is 38.1 Å². The van der Waals surface area contributed by atoms with E-state index in [4.69, 9.17) is 0 Å². The van der Waals surface area contributed by atoms with Gasteiger partial charge in [0, 0.05) is 37.8 Å². The van der Waals surface area contributed by atoms with Crippen LogP contribution in [0.3, 0.4) is 0 Å². The van der Waals surface area contributed by atoms with E-state index in [-0.39, 0.29) is 56.1 Å². The smallest absolute Gasteiger partial charge is 0.253 e. The van der Waals surface area contributed by atoms with Crippen molar-refractivity contribution in [3.8, 4) is 0 Å². The van der Waals surface area contributed by atoms with E-state index >= 15 is 0 Å². The Morgan fingerprint density at radius 3 is 2.00 bits per heavy atom. The summed E-state index contributed by atoms with van der Waals surface area (Å²) in [5, 5.41) is 12.4. The van der Waals surface area contributed by atoms with Gasteiger partial charge in [-0.3, -0.25) is 38.5 Å². The minimum atomic E-state index is -0.978. The molecule has 0 saturated carbocycles. The first kappa shape index (κ1) is 32.1. The molecule has 40 heavy (non-hydrogen) atoms. The van der Waals surface area contributed by atoms with E-state index in [1.807, 2.05) is 6.07 Å². The summed E-state index contributed by atoms with van der Waals surface area (Å²) in [7, 11) is 2.33. The fraction of sp³-hybridized carbons (Fsp3) is 0.423. The molecule has 2 atom stereocenters. The van der Waals surface area contributed by atoms with Crippen molar-refractivity contribution in [1.29, 1.82) is 0 Å². The molecule has 1 heterocycles. The normalized spacial score (nSPS) is 13.0. The lowest BCUT2D eigenvalue weighted by atomic mass is 10.1. The van der Waals surface area contributed by atoms with E-state index in [2.05, 4.69) is 35.8 Å². The summed E-state index contributed by atoms with van der Waals surface area (Å²) in [4.78, 5) is 84.9. The molecule has 14 heteroatoms. The summed E-state index contributed by atoms with van der Waals surface area (Å²) in [6.07, 6.45) is 4.83. The van der Waals surface area contributed by atoms with Crippen LogP contribution in [0.5, 0.6) is 0 Å². The summed E-state index contributed by atoms with van der Waals surface area (Å²) < 4.78 is 0. The highest BCUT2D eigenvalue weighted by Gasteiger charge is 2.23. The zero-order valence-electron chi connectivity index (χ0n) is 22.1. The first-order chi connectivity index (χ1) is 19.2. The Bertz CT molecular complexity index is 1090. The van der Waals surface area contributed by atoms with Gasteiger partial charge >= 0.3 is 0 Å². The number of unbranched alkanes of at least 4 members (excludes halogenated alkanes) is 2. The van der Waals surface area contributed by atoms with Crippen molar-refractivity contribution < 1.29 is 33.6 Å². The van der Waals surface area contributed by atoms with Crippen molar-refractivity contribution in [1.82, 2.24) is 31.5 Å². The maximum atomic E-state index is 12.6. The van der Waals surface area contributed by atoms with Gasteiger partial charge < -0.3 is 26.6 Å². The number of carbonyl (C=O) groups is 7.